The largest absolute Gasteiger partial charge is 0.358 e. The molecule has 0 radical (unpaired) electrons. The highest BCUT2D eigenvalue weighted by atomic mass is 32.2. The van der Waals surface area contributed by atoms with Crippen LogP contribution in [-0.2, 0) is 10.0 Å². The molecular weight excluding hydrogens is 176 g/mol. The molecule has 1 aliphatic heterocycles. The van der Waals surface area contributed by atoms with Crippen LogP contribution in [0.5, 0.6) is 0 Å². The Morgan fingerprint density at radius 2 is 2.08 bits per heavy atom. The van der Waals surface area contributed by atoms with Crippen molar-refractivity contribution in [3.63, 3.8) is 0 Å². The fraction of sp³-hybridized carbons (Fsp3) is 0.714. The summed E-state index contributed by atoms with van der Waals surface area (Å²) >= 11 is 0. The van der Waals surface area contributed by atoms with E-state index in [2.05, 4.69) is 6.92 Å². The van der Waals surface area contributed by atoms with E-state index in [1.165, 1.54) is 10.6 Å². The lowest BCUT2D eigenvalue weighted by atomic mass is 10.4. The van der Waals surface area contributed by atoms with Gasteiger partial charge in [0.15, 0.2) is 0 Å². The van der Waals surface area contributed by atoms with Gasteiger partial charge in [0.2, 0.25) is 10.0 Å². The van der Waals surface area contributed by atoms with Crippen LogP contribution in [0.25, 0.3) is 0 Å². The first-order valence-electron chi connectivity index (χ1n) is 3.93. The molecule has 0 aromatic heterocycles. The van der Waals surface area contributed by atoms with Gasteiger partial charge < -0.3 is 4.90 Å². The van der Waals surface area contributed by atoms with Gasteiger partial charge in [0.05, 0.1) is 6.26 Å². The second-order valence-electron chi connectivity index (χ2n) is 2.90. The molecular formula is C7H14N2O2S. The minimum atomic E-state index is -3.05. The molecule has 0 saturated carbocycles. The maximum Gasteiger partial charge on any atom is 0.233 e. The van der Waals surface area contributed by atoms with Crippen molar-refractivity contribution in [3.8, 4) is 0 Å². The predicted octanol–water partition coefficient (Wildman–Crippen LogP) is 0.402. The zero-order chi connectivity index (χ0) is 9.19. The summed E-state index contributed by atoms with van der Waals surface area (Å²) in [5, 5.41) is 0. The molecule has 12 heavy (non-hydrogen) atoms. The van der Waals surface area contributed by atoms with Gasteiger partial charge in [-0.25, -0.2) is 8.42 Å². The third-order valence-electron chi connectivity index (χ3n) is 1.70. The predicted molar refractivity (Wildman–Crippen MR) is 47.7 cm³/mol. The normalized spacial score (nSPS) is 17.5. The standard InChI is InChI=1S/C7H14N2O2S/c1-3-4-8-5-6-9(7-8)12(2,10)11/h5-6H,3-4,7H2,1-2H3. The molecule has 1 aliphatic rings. The molecule has 0 amide bonds. The summed E-state index contributed by atoms with van der Waals surface area (Å²) < 4.78 is 23.4. The van der Waals surface area contributed by atoms with Crippen molar-refractivity contribution >= 4 is 10.0 Å². The van der Waals surface area contributed by atoms with Crippen LogP contribution in [0.15, 0.2) is 12.4 Å². The Balaban J connectivity index is 2.54. The number of hydrogen-bond donors (Lipinski definition) is 0. The topological polar surface area (TPSA) is 40.6 Å². The Hall–Kier alpha value is -0.710. The molecule has 0 saturated heterocycles. The van der Waals surface area contributed by atoms with Gasteiger partial charge in [-0.2, -0.15) is 0 Å². The second-order valence-corrected chi connectivity index (χ2v) is 4.84. The quantitative estimate of drug-likeness (QED) is 0.647. The van der Waals surface area contributed by atoms with Crippen molar-refractivity contribution in [3.05, 3.63) is 12.4 Å². The van der Waals surface area contributed by atoms with Crippen molar-refractivity contribution in [1.82, 2.24) is 9.21 Å². The summed E-state index contributed by atoms with van der Waals surface area (Å²) in [4.78, 5) is 1.97. The Labute approximate surface area is 73.5 Å². The fourth-order valence-electron chi connectivity index (χ4n) is 1.09. The van der Waals surface area contributed by atoms with Gasteiger partial charge >= 0.3 is 0 Å². The van der Waals surface area contributed by atoms with Crippen LogP contribution in [0.4, 0.5) is 0 Å². The first-order chi connectivity index (χ1) is 5.54. The van der Waals surface area contributed by atoms with E-state index in [9.17, 15) is 8.42 Å². The van der Waals surface area contributed by atoms with Crippen molar-refractivity contribution < 1.29 is 8.42 Å². The molecule has 0 aromatic rings. The molecule has 0 aromatic carbocycles. The van der Waals surface area contributed by atoms with E-state index < -0.39 is 10.0 Å². The van der Waals surface area contributed by atoms with Gasteiger partial charge in [0, 0.05) is 18.9 Å². The molecule has 4 nitrogen and oxygen atoms in total. The summed E-state index contributed by atoms with van der Waals surface area (Å²) in [5.41, 5.74) is 0. The van der Waals surface area contributed by atoms with Crippen molar-refractivity contribution in [2.24, 2.45) is 0 Å². The molecule has 0 N–H and O–H groups in total. The highest BCUT2D eigenvalue weighted by Gasteiger charge is 2.18. The highest BCUT2D eigenvalue weighted by Crippen LogP contribution is 2.10. The van der Waals surface area contributed by atoms with Crippen LogP contribution in [0.1, 0.15) is 13.3 Å². The van der Waals surface area contributed by atoms with Crippen LogP contribution in [0.3, 0.4) is 0 Å². The van der Waals surface area contributed by atoms with E-state index in [1.54, 1.807) is 6.20 Å². The summed E-state index contributed by atoms with van der Waals surface area (Å²) in [6, 6.07) is 0. The second kappa shape index (κ2) is 3.35. The molecule has 5 heteroatoms. The Kier molecular flexibility index (Phi) is 2.62. The fourth-order valence-corrected chi connectivity index (χ4v) is 1.72. The average molecular weight is 190 g/mol. The summed E-state index contributed by atoms with van der Waals surface area (Å²) in [6.07, 6.45) is 5.66. The minimum Gasteiger partial charge on any atom is -0.358 e. The first-order valence-corrected chi connectivity index (χ1v) is 5.78. The first kappa shape index (κ1) is 9.38. The molecule has 0 atom stereocenters. The van der Waals surface area contributed by atoms with Gasteiger partial charge in [-0.3, -0.25) is 4.31 Å². The molecule has 0 bridgehead atoms. The number of hydrogen-bond acceptors (Lipinski definition) is 3. The maximum atomic E-state index is 11.0. The smallest absolute Gasteiger partial charge is 0.233 e. The lowest BCUT2D eigenvalue weighted by Crippen LogP contribution is -2.29. The molecule has 1 rings (SSSR count). The third-order valence-corrected chi connectivity index (χ3v) is 2.79. The van der Waals surface area contributed by atoms with Crippen LogP contribution in [0.2, 0.25) is 0 Å². The molecule has 70 valence electrons. The third kappa shape index (κ3) is 2.14. The van der Waals surface area contributed by atoms with Gasteiger partial charge in [-0.15, -0.1) is 0 Å². The van der Waals surface area contributed by atoms with E-state index in [4.69, 9.17) is 0 Å². The van der Waals surface area contributed by atoms with Crippen LogP contribution < -0.4 is 0 Å². The van der Waals surface area contributed by atoms with E-state index >= 15 is 0 Å². The molecule has 0 fully saturated rings. The highest BCUT2D eigenvalue weighted by molar-refractivity contribution is 7.88. The molecule has 0 spiro atoms. The zero-order valence-corrected chi connectivity index (χ0v) is 8.21. The molecule has 0 aliphatic carbocycles. The Morgan fingerprint density at radius 1 is 1.42 bits per heavy atom. The summed E-state index contributed by atoms with van der Waals surface area (Å²) in [6.45, 7) is 3.44. The Bertz CT molecular complexity index is 271. The minimum absolute atomic E-state index is 0.465. The SMILES string of the molecule is CCCN1C=CN(S(C)(=O)=O)C1. The van der Waals surface area contributed by atoms with Gasteiger partial charge in [0.25, 0.3) is 0 Å². The van der Waals surface area contributed by atoms with Crippen molar-refractivity contribution in [2.75, 3.05) is 19.5 Å². The molecule has 0 unspecified atom stereocenters. The zero-order valence-electron chi connectivity index (χ0n) is 7.40. The maximum absolute atomic E-state index is 11.0. The lowest BCUT2D eigenvalue weighted by molar-refractivity contribution is 0.334. The van der Waals surface area contributed by atoms with E-state index in [1.807, 2.05) is 11.1 Å². The van der Waals surface area contributed by atoms with E-state index in [0.717, 1.165) is 13.0 Å². The van der Waals surface area contributed by atoms with Crippen LogP contribution in [-0.4, -0.2) is 37.1 Å². The lowest BCUT2D eigenvalue weighted by Gasteiger charge is -2.18. The van der Waals surface area contributed by atoms with E-state index in [0.29, 0.717) is 6.67 Å². The van der Waals surface area contributed by atoms with Crippen molar-refractivity contribution in [1.29, 1.82) is 0 Å². The van der Waals surface area contributed by atoms with Gasteiger partial charge in [0.1, 0.15) is 6.67 Å². The van der Waals surface area contributed by atoms with Gasteiger partial charge in [-0.05, 0) is 6.42 Å². The number of nitrogens with zero attached hydrogens (tertiary/aromatic N) is 2. The number of sulfonamides is 1. The molecule has 1 heterocycles. The van der Waals surface area contributed by atoms with Crippen LogP contribution in [0, 0.1) is 0 Å². The van der Waals surface area contributed by atoms with Crippen LogP contribution >= 0.6 is 0 Å². The average Bonchev–Trinajstić information content (AvgIpc) is 2.35. The summed E-state index contributed by atoms with van der Waals surface area (Å²) in [7, 11) is -3.05. The Morgan fingerprint density at radius 3 is 2.50 bits per heavy atom. The van der Waals surface area contributed by atoms with E-state index in [-0.39, 0.29) is 0 Å². The number of rotatable bonds is 3. The summed E-state index contributed by atoms with van der Waals surface area (Å²) in [5.74, 6) is 0. The monoisotopic (exact) mass is 190 g/mol. The van der Waals surface area contributed by atoms with Gasteiger partial charge in [-0.1, -0.05) is 6.92 Å². The van der Waals surface area contributed by atoms with Crippen molar-refractivity contribution in [2.45, 2.75) is 13.3 Å².